The molecule has 1 heterocycles. The molecule has 0 aromatic rings. The molecule has 0 aliphatic carbocycles. The minimum Gasteiger partial charge on any atom is -0.379 e. The molecule has 1 aliphatic heterocycles. The Balaban J connectivity index is 1.92. The summed E-state index contributed by atoms with van der Waals surface area (Å²) in [6.45, 7) is 8.71. The van der Waals surface area contributed by atoms with Gasteiger partial charge in [0.25, 0.3) is 0 Å². The molecule has 1 fully saturated rings. The monoisotopic (exact) mass is 285 g/mol. The summed E-state index contributed by atoms with van der Waals surface area (Å²) in [6, 6.07) is 0. The third kappa shape index (κ3) is 8.38. The van der Waals surface area contributed by atoms with Crippen LogP contribution in [0.2, 0.25) is 0 Å². The summed E-state index contributed by atoms with van der Waals surface area (Å²) >= 11 is 0. The molecular weight excluding hydrogens is 254 g/mol. The van der Waals surface area contributed by atoms with Gasteiger partial charge in [-0.05, 0) is 31.6 Å². The normalized spacial score (nSPS) is 19.6. The van der Waals surface area contributed by atoms with E-state index < -0.39 is 0 Å². The first-order chi connectivity index (χ1) is 9.72. The fraction of sp³-hybridized carbons (Fsp3) is 0.933. The lowest BCUT2D eigenvalue weighted by atomic mass is 10.1. The van der Waals surface area contributed by atoms with Crippen molar-refractivity contribution in [3.05, 3.63) is 0 Å². The molecule has 0 saturated carbocycles. The molecule has 0 spiro atoms. The molecule has 118 valence electrons. The van der Waals surface area contributed by atoms with Crippen molar-refractivity contribution < 1.29 is 9.47 Å². The summed E-state index contributed by atoms with van der Waals surface area (Å²) in [5.41, 5.74) is 0. The third-order valence-corrected chi connectivity index (χ3v) is 3.32. The van der Waals surface area contributed by atoms with Crippen LogP contribution in [0.5, 0.6) is 0 Å². The highest BCUT2D eigenvalue weighted by atomic mass is 16.5. The van der Waals surface area contributed by atoms with Crippen LogP contribution in [0.3, 0.4) is 0 Å². The van der Waals surface area contributed by atoms with Gasteiger partial charge in [0.15, 0.2) is 5.96 Å². The van der Waals surface area contributed by atoms with E-state index in [2.05, 4.69) is 29.5 Å². The van der Waals surface area contributed by atoms with Gasteiger partial charge in [0.1, 0.15) is 0 Å². The van der Waals surface area contributed by atoms with E-state index in [1.54, 1.807) is 7.05 Å². The summed E-state index contributed by atoms with van der Waals surface area (Å²) in [5.74, 6) is 1.59. The van der Waals surface area contributed by atoms with Gasteiger partial charge < -0.3 is 20.1 Å². The van der Waals surface area contributed by atoms with E-state index in [-0.39, 0.29) is 0 Å². The van der Waals surface area contributed by atoms with Crippen LogP contribution in [0.15, 0.2) is 4.99 Å². The van der Waals surface area contributed by atoms with E-state index in [0.717, 1.165) is 58.1 Å². The molecule has 0 aromatic heterocycles. The quantitative estimate of drug-likeness (QED) is 0.385. The molecule has 0 radical (unpaired) electrons. The van der Waals surface area contributed by atoms with Crippen LogP contribution in [0, 0.1) is 5.92 Å². The van der Waals surface area contributed by atoms with Crippen molar-refractivity contribution >= 4 is 5.96 Å². The Bertz CT molecular complexity index is 264. The SMILES string of the molecule is CN=C(NCCCOCC1CCCO1)NCCC(C)C. The van der Waals surface area contributed by atoms with Crippen molar-refractivity contribution in [2.45, 2.75) is 45.6 Å². The highest BCUT2D eigenvalue weighted by Gasteiger charge is 2.14. The summed E-state index contributed by atoms with van der Waals surface area (Å²) in [7, 11) is 1.80. The molecule has 2 N–H and O–H groups in total. The number of guanidine groups is 1. The minimum atomic E-state index is 0.327. The lowest BCUT2D eigenvalue weighted by molar-refractivity contribution is 0.0168. The first-order valence-electron chi connectivity index (χ1n) is 7.86. The molecule has 1 aliphatic rings. The van der Waals surface area contributed by atoms with Gasteiger partial charge in [-0.3, -0.25) is 4.99 Å². The maximum absolute atomic E-state index is 5.62. The Morgan fingerprint density at radius 2 is 2.15 bits per heavy atom. The van der Waals surface area contributed by atoms with Crippen molar-refractivity contribution in [2.75, 3.05) is 40.0 Å². The van der Waals surface area contributed by atoms with Gasteiger partial charge in [0, 0.05) is 33.4 Å². The van der Waals surface area contributed by atoms with Crippen LogP contribution >= 0.6 is 0 Å². The van der Waals surface area contributed by atoms with Crippen molar-refractivity contribution in [3.8, 4) is 0 Å². The van der Waals surface area contributed by atoms with Gasteiger partial charge in [-0.25, -0.2) is 0 Å². The largest absolute Gasteiger partial charge is 0.379 e. The van der Waals surface area contributed by atoms with E-state index in [1.807, 2.05) is 0 Å². The van der Waals surface area contributed by atoms with Crippen molar-refractivity contribution in [3.63, 3.8) is 0 Å². The zero-order valence-corrected chi connectivity index (χ0v) is 13.3. The fourth-order valence-corrected chi connectivity index (χ4v) is 2.07. The number of hydrogen-bond donors (Lipinski definition) is 2. The highest BCUT2D eigenvalue weighted by Crippen LogP contribution is 2.11. The van der Waals surface area contributed by atoms with Gasteiger partial charge >= 0.3 is 0 Å². The van der Waals surface area contributed by atoms with Gasteiger partial charge in [-0.2, -0.15) is 0 Å². The van der Waals surface area contributed by atoms with Crippen LogP contribution in [0.1, 0.15) is 39.5 Å². The van der Waals surface area contributed by atoms with E-state index >= 15 is 0 Å². The Morgan fingerprint density at radius 3 is 2.80 bits per heavy atom. The number of nitrogens with one attached hydrogen (secondary N) is 2. The predicted molar refractivity (Wildman–Crippen MR) is 83.2 cm³/mol. The third-order valence-electron chi connectivity index (χ3n) is 3.32. The first-order valence-corrected chi connectivity index (χ1v) is 7.86. The molecule has 1 saturated heterocycles. The van der Waals surface area contributed by atoms with Crippen molar-refractivity contribution in [2.24, 2.45) is 10.9 Å². The van der Waals surface area contributed by atoms with Crippen LogP contribution in [-0.4, -0.2) is 52.0 Å². The Kier molecular flexibility index (Phi) is 9.41. The lowest BCUT2D eigenvalue weighted by Gasteiger charge is -2.13. The van der Waals surface area contributed by atoms with Crippen molar-refractivity contribution in [1.82, 2.24) is 10.6 Å². The van der Waals surface area contributed by atoms with Crippen LogP contribution in [0.25, 0.3) is 0 Å². The van der Waals surface area contributed by atoms with E-state index in [9.17, 15) is 0 Å². The molecule has 20 heavy (non-hydrogen) atoms. The number of ether oxygens (including phenoxy) is 2. The van der Waals surface area contributed by atoms with Crippen LogP contribution in [0.4, 0.5) is 0 Å². The smallest absolute Gasteiger partial charge is 0.190 e. The molecular formula is C15H31N3O2. The Morgan fingerprint density at radius 1 is 1.35 bits per heavy atom. The predicted octanol–water partition coefficient (Wildman–Crippen LogP) is 1.78. The summed E-state index contributed by atoms with van der Waals surface area (Å²) in [6.07, 6.45) is 4.79. The first kappa shape index (κ1) is 17.2. The molecule has 0 aromatic carbocycles. The molecule has 0 bridgehead atoms. The lowest BCUT2D eigenvalue weighted by Crippen LogP contribution is -2.38. The number of hydrogen-bond acceptors (Lipinski definition) is 3. The van der Waals surface area contributed by atoms with E-state index in [4.69, 9.17) is 9.47 Å². The molecule has 1 rings (SSSR count). The minimum absolute atomic E-state index is 0.327. The zero-order valence-electron chi connectivity index (χ0n) is 13.3. The van der Waals surface area contributed by atoms with E-state index in [0.29, 0.717) is 12.0 Å². The molecule has 5 nitrogen and oxygen atoms in total. The average molecular weight is 285 g/mol. The number of rotatable bonds is 9. The standard InChI is InChI=1S/C15H31N3O2/c1-13(2)7-9-18-15(16-3)17-8-5-10-19-12-14-6-4-11-20-14/h13-14H,4-12H2,1-3H3,(H2,16,17,18). The van der Waals surface area contributed by atoms with Gasteiger partial charge in [0.2, 0.25) is 0 Å². The zero-order chi connectivity index (χ0) is 14.6. The Hall–Kier alpha value is -0.810. The Labute approximate surface area is 123 Å². The van der Waals surface area contributed by atoms with Gasteiger partial charge in [-0.1, -0.05) is 13.8 Å². The highest BCUT2D eigenvalue weighted by molar-refractivity contribution is 5.79. The molecule has 1 atom stereocenters. The van der Waals surface area contributed by atoms with Crippen LogP contribution in [-0.2, 0) is 9.47 Å². The molecule has 1 unspecified atom stereocenters. The van der Waals surface area contributed by atoms with Gasteiger partial charge in [-0.15, -0.1) is 0 Å². The fourth-order valence-electron chi connectivity index (χ4n) is 2.07. The maximum atomic E-state index is 5.62. The summed E-state index contributed by atoms with van der Waals surface area (Å²) < 4.78 is 11.1. The second-order valence-corrected chi connectivity index (χ2v) is 5.67. The molecule has 5 heteroatoms. The summed E-state index contributed by atoms with van der Waals surface area (Å²) in [5, 5.41) is 6.61. The average Bonchev–Trinajstić information content (AvgIpc) is 2.93. The van der Waals surface area contributed by atoms with Gasteiger partial charge in [0.05, 0.1) is 12.7 Å². The second kappa shape index (κ2) is 10.9. The van der Waals surface area contributed by atoms with Crippen LogP contribution < -0.4 is 10.6 Å². The summed E-state index contributed by atoms with van der Waals surface area (Å²) in [4.78, 5) is 4.20. The number of aliphatic imine (C=N–C) groups is 1. The van der Waals surface area contributed by atoms with Crippen molar-refractivity contribution in [1.29, 1.82) is 0 Å². The topological polar surface area (TPSA) is 54.9 Å². The van der Waals surface area contributed by atoms with E-state index in [1.165, 1.54) is 6.42 Å². The maximum Gasteiger partial charge on any atom is 0.190 e. The number of nitrogens with zero attached hydrogens (tertiary/aromatic N) is 1. The second-order valence-electron chi connectivity index (χ2n) is 5.67. The molecule has 0 amide bonds.